The van der Waals surface area contributed by atoms with Gasteiger partial charge < -0.3 is 15.0 Å². The molecule has 0 bridgehead atoms. The second-order valence-electron chi connectivity index (χ2n) is 6.25. The highest BCUT2D eigenvalue weighted by atomic mass is 35.5. The van der Waals surface area contributed by atoms with E-state index in [-0.39, 0.29) is 45.8 Å². The van der Waals surface area contributed by atoms with E-state index in [1.54, 1.807) is 4.90 Å². The van der Waals surface area contributed by atoms with Gasteiger partial charge in [0, 0.05) is 43.6 Å². The standard InChI is InChI=1S/C16H15Cl2F3N2O3/c17-10-1-2-11(26-15(25)16(19,20)21)13(14(10)18)8-5-9-6-22-4-3-12(24)23(9)7-8/h1-2,8-9,22H,3-7H2/t8-,9-/m0/s1. The Kier molecular flexibility index (Phi) is 5.37. The van der Waals surface area contributed by atoms with Gasteiger partial charge >= 0.3 is 12.1 Å². The normalized spacial score (nSPS) is 23.6. The summed E-state index contributed by atoms with van der Waals surface area (Å²) in [5.74, 6) is -3.03. The van der Waals surface area contributed by atoms with Crippen LogP contribution in [0.25, 0.3) is 0 Å². The zero-order valence-electron chi connectivity index (χ0n) is 13.4. The Balaban J connectivity index is 1.93. The minimum atomic E-state index is -5.13. The summed E-state index contributed by atoms with van der Waals surface area (Å²) < 4.78 is 42.2. The van der Waals surface area contributed by atoms with Crippen molar-refractivity contribution in [2.75, 3.05) is 19.6 Å². The number of halogens is 5. The summed E-state index contributed by atoms with van der Waals surface area (Å²) in [5, 5.41) is 3.33. The molecule has 0 aliphatic carbocycles. The smallest absolute Gasteiger partial charge is 0.420 e. The molecule has 0 unspecified atom stereocenters. The molecule has 2 fully saturated rings. The summed E-state index contributed by atoms with van der Waals surface area (Å²) in [6.45, 7) is 1.45. The monoisotopic (exact) mass is 410 g/mol. The summed E-state index contributed by atoms with van der Waals surface area (Å²) in [7, 11) is 0. The Morgan fingerprint density at radius 2 is 2.04 bits per heavy atom. The number of nitrogens with zero attached hydrogens (tertiary/aromatic N) is 1. The van der Waals surface area contributed by atoms with Crippen LogP contribution in [0.4, 0.5) is 13.2 Å². The van der Waals surface area contributed by atoms with E-state index in [0.29, 0.717) is 25.9 Å². The third kappa shape index (κ3) is 3.77. The summed E-state index contributed by atoms with van der Waals surface area (Å²) in [5.41, 5.74) is 0.220. The molecular weight excluding hydrogens is 396 g/mol. The summed E-state index contributed by atoms with van der Waals surface area (Å²) in [6, 6.07) is 2.36. The van der Waals surface area contributed by atoms with Crippen LogP contribution in [0.1, 0.15) is 24.3 Å². The molecule has 2 atom stereocenters. The number of hydrogen-bond donors (Lipinski definition) is 1. The number of alkyl halides is 3. The van der Waals surface area contributed by atoms with Crippen molar-refractivity contribution in [3.05, 3.63) is 27.7 Å². The van der Waals surface area contributed by atoms with Gasteiger partial charge in [0.25, 0.3) is 0 Å². The first kappa shape index (κ1) is 19.3. The molecule has 10 heteroatoms. The molecule has 1 N–H and O–H groups in total. The molecule has 0 radical (unpaired) electrons. The number of esters is 1. The molecule has 2 saturated heterocycles. The number of ether oxygens (including phenoxy) is 1. The van der Waals surface area contributed by atoms with E-state index >= 15 is 0 Å². The largest absolute Gasteiger partial charge is 0.491 e. The SMILES string of the molecule is O=C1CCNC[C@@H]2C[C@H](c3c(OC(=O)C(F)(F)F)ccc(Cl)c3Cl)CN12. The Hall–Kier alpha value is -1.51. The van der Waals surface area contributed by atoms with Gasteiger partial charge in [-0.15, -0.1) is 0 Å². The zero-order chi connectivity index (χ0) is 19.1. The molecule has 1 aromatic rings. The summed E-state index contributed by atoms with van der Waals surface area (Å²) >= 11 is 12.2. The fourth-order valence-electron chi connectivity index (χ4n) is 3.41. The molecule has 1 amide bonds. The minimum Gasteiger partial charge on any atom is -0.420 e. The lowest BCUT2D eigenvalue weighted by Gasteiger charge is -2.21. The van der Waals surface area contributed by atoms with Crippen LogP contribution >= 0.6 is 23.2 Å². The van der Waals surface area contributed by atoms with E-state index < -0.39 is 12.1 Å². The third-order valence-electron chi connectivity index (χ3n) is 4.57. The van der Waals surface area contributed by atoms with Crippen molar-refractivity contribution >= 4 is 35.1 Å². The van der Waals surface area contributed by atoms with E-state index in [1.807, 2.05) is 0 Å². The van der Waals surface area contributed by atoms with Crippen LogP contribution in [0.15, 0.2) is 12.1 Å². The quantitative estimate of drug-likeness (QED) is 0.600. The number of fused-ring (bicyclic) bond motifs is 1. The van der Waals surface area contributed by atoms with Gasteiger partial charge in [-0.2, -0.15) is 13.2 Å². The third-order valence-corrected chi connectivity index (χ3v) is 5.38. The van der Waals surface area contributed by atoms with Crippen LogP contribution in [-0.2, 0) is 9.59 Å². The van der Waals surface area contributed by atoms with Crippen molar-refractivity contribution in [3.8, 4) is 5.75 Å². The second kappa shape index (κ2) is 7.25. The number of benzene rings is 1. The highest BCUT2D eigenvalue weighted by Crippen LogP contribution is 2.44. The lowest BCUT2D eigenvalue weighted by Crippen LogP contribution is -2.37. The topological polar surface area (TPSA) is 58.6 Å². The van der Waals surface area contributed by atoms with Crippen molar-refractivity contribution in [3.63, 3.8) is 0 Å². The molecule has 0 saturated carbocycles. The van der Waals surface area contributed by atoms with Crippen LogP contribution in [-0.4, -0.2) is 48.6 Å². The molecule has 2 aliphatic rings. The minimum absolute atomic E-state index is 0.0298. The summed E-state index contributed by atoms with van der Waals surface area (Å²) in [6.07, 6.45) is -4.30. The first-order valence-corrected chi connectivity index (χ1v) is 8.71. The molecule has 3 rings (SSSR count). The molecule has 0 spiro atoms. The van der Waals surface area contributed by atoms with Crippen molar-refractivity contribution < 1.29 is 27.5 Å². The average molecular weight is 411 g/mol. The maximum absolute atomic E-state index is 12.6. The first-order chi connectivity index (χ1) is 12.2. The van der Waals surface area contributed by atoms with Crippen LogP contribution in [0.2, 0.25) is 10.0 Å². The van der Waals surface area contributed by atoms with Crippen LogP contribution < -0.4 is 10.1 Å². The van der Waals surface area contributed by atoms with E-state index in [9.17, 15) is 22.8 Å². The van der Waals surface area contributed by atoms with E-state index in [4.69, 9.17) is 23.2 Å². The average Bonchev–Trinajstić information content (AvgIpc) is 2.90. The molecule has 5 nitrogen and oxygen atoms in total. The predicted octanol–water partition coefficient (Wildman–Crippen LogP) is 3.14. The lowest BCUT2D eigenvalue weighted by molar-refractivity contribution is -0.189. The number of carbonyl (C=O) groups is 2. The highest BCUT2D eigenvalue weighted by molar-refractivity contribution is 6.42. The van der Waals surface area contributed by atoms with Gasteiger partial charge in [-0.3, -0.25) is 4.79 Å². The number of hydrogen-bond acceptors (Lipinski definition) is 4. The molecule has 0 aromatic heterocycles. The Morgan fingerprint density at radius 3 is 2.73 bits per heavy atom. The van der Waals surface area contributed by atoms with E-state index in [0.717, 1.165) is 0 Å². The van der Waals surface area contributed by atoms with Gasteiger partial charge in [0.2, 0.25) is 5.91 Å². The first-order valence-electron chi connectivity index (χ1n) is 7.95. The molecule has 2 aliphatic heterocycles. The fourth-order valence-corrected chi connectivity index (χ4v) is 3.88. The van der Waals surface area contributed by atoms with Crippen LogP contribution in [0.5, 0.6) is 5.75 Å². The van der Waals surface area contributed by atoms with Crippen LogP contribution in [0.3, 0.4) is 0 Å². The molecule has 1 aromatic carbocycles. The van der Waals surface area contributed by atoms with Crippen molar-refractivity contribution in [1.29, 1.82) is 0 Å². The van der Waals surface area contributed by atoms with Crippen molar-refractivity contribution in [2.24, 2.45) is 0 Å². The number of carbonyl (C=O) groups excluding carboxylic acids is 2. The van der Waals surface area contributed by atoms with Gasteiger partial charge in [0.1, 0.15) is 5.75 Å². The number of nitrogens with one attached hydrogen (secondary N) is 1. The molecule has 2 heterocycles. The maximum atomic E-state index is 12.6. The van der Waals surface area contributed by atoms with Gasteiger partial charge in [-0.25, -0.2) is 4.79 Å². The number of amides is 1. The predicted molar refractivity (Wildman–Crippen MR) is 88.5 cm³/mol. The summed E-state index contributed by atoms with van der Waals surface area (Å²) in [4.78, 5) is 25.2. The Labute approximate surface area is 157 Å². The number of rotatable bonds is 2. The molecule has 142 valence electrons. The highest BCUT2D eigenvalue weighted by Gasteiger charge is 2.43. The van der Waals surface area contributed by atoms with Gasteiger partial charge in [-0.05, 0) is 18.6 Å². The maximum Gasteiger partial charge on any atom is 0.491 e. The van der Waals surface area contributed by atoms with Gasteiger partial charge in [0.15, 0.2) is 0 Å². The Morgan fingerprint density at radius 1 is 1.31 bits per heavy atom. The van der Waals surface area contributed by atoms with Gasteiger partial charge in [0.05, 0.1) is 10.0 Å². The van der Waals surface area contributed by atoms with Crippen molar-refractivity contribution in [1.82, 2.24) is 10.2 Å². The second-order valence-corrected chi connectivity index (χ2v) is 7.03. The fraction of sp³-hybridized carbons (Fsp3) is 0.500. The van der Waals surface area contributed by atoms with Crippen molar-refractivity contribution in [2.45, 2.75) is 31.0 Å². The van der Waals surface area contributed by atoms with Gasteiger partial charge in [-0.1, -0.05) is 23.2 Å². The molecular formula is C16H15Cl2F3N2O3. The Bertz CT molecular complexity index is 742. The molecule has 26 heavy (non-hydrogen) atoms. The van der Waals surface area contributed by atoms with E-state index in [2.05, 4.69) is 10.1 Å². The van der Waals surface area contributed by atoms with E-state index in [1.165, 1.54) is 12.1 Å². The lowest BCUT2D eigenvalue weighted by atomic mass is 9.95. The van der Waals surface area contributed by atoms with Crippen LogP contribution in [0, 0.1) is 0 Å². The zero-order valence-corrected chi connectivity index (χ0v) is 14.9.